The predicted molar refractivity (Wildman–Crippen MR) is 40.4 cm³/mol. The molecule has 0 saturated carbocycles. The fourth-order valence-electron chi connectivity index (χ4n) is 0.972. The van der Waals surface area contributed by atoms with Crippen molar-refractivity contribution in [2.75, 3.05) is 0 Å². The van der Waals surface area contributed by atoms with E-state index in [-0.39, 0.29) is 5.78 Å². The van der Waals surface area contributed by atoms with E-state index >= 15 is 0 Å². The lowest BCUT2D eigenvalue weighted by molar-refractivity contribution is -0.116. The molecule has 0 unspecified atom stereocenters. The summed E-state index contributed by atoms with van der Waals surface area (Å²) in [4.78, 5) is 14.8. The van der Waals surface area contributed by atoms with Gasteiger partial charge in [-0.2, -0.15) is 0 Å². The van der Waals surface area contributed by atoms with Crippen molar-refractivity contribution in [3.05, 3.63) is 17.3 Å². The first-order valence-electron chi connectivity index (χ1n) is 3.52. The number of ketones is 1. The molecule has 0 radical (unpaired) electrons. The number of carbonyl (C=O) groups excluding carboxylic acids is 1. The van der Waals surface area contributed by atoms with Crippen LogP contribution in [0.4, 0.5) is 0 Å². The summed E-state index contributed by atoms with van der Waals surface area (Å²) in [6, 6.07) is 0. The molecule has 0 saturated heterocycles. The lowest BCUT2D eigenvalue weighted by Crippen LogP contribution is -1.97. The summed E-state index contributed by atoms with van der Waals surface area (Å²) in [5.41, 5.74) is 0.759. The number of hydrogen-bond acceptors (Lipinski definition) is 3. The van der Waals surface area contributed by atoms with Crippen LogP contribution in [-0.4, -0.2) is 10.8 Å². The van der Waals surface area contributed by atoms with Gasteiger partial charge >= 0.3 is 0 Å². The summed E-state index contributed by atoms with van der Waals surface area (Å²) in [6.45, 7) is 5.14. The lowest BCUT2D eigenvalue weighted by atomic mass is 10.2. The Labute approximate surface area is 65.4 Å². The van der Waals surface area contributed by atoms with Crippen molar-refractivity contribution in [3.63, 3.8) is 0 Å². The van der Waals surface area contributed by atoms with Gasteiger partial charge in [-0.25, -0.2) is 4.98 Å². The van der Waals surface area contributed by atoms with Crippen LogP contribution >= 0.6 is 0 Å². The van der Waals surface area contributed by atoms with Crippen molar-refractivity contribution in [2.24, 2.45) is 0 Å². The maximum Gasteiger partial charge on any atom is 0.191 e. The highest BCUT2D eigenvalue weighted by Crippen LogP contribution is 2.09. The molecule has 0 fully saturated rings. The zero-order valence-corrected chi connectivity index (χ0v) is 6.97. The first-order valence-corrected chi connectivity index (χ1v) is 3.52. The molecule has 0 N–H and O–H groups in total. The van der Waals surface area contributed by atoms with Crippen molar-refractivity contribution in [2.45, 2.75) is 27.2 Å². The summed E-state index contributed by atoms with van der Waals surface area (Å²) in [6.07, 6.45) is 0.378. The van der Waals surface area contributed by atoms with E-state index in [0.29, 0.717) is 12.3 Å². The van der Waals surface area contributed by atoms with Crippen LogP contribution < -0.4 is 0 Å². The smallest absolute Gasteiger partial charge is 0.191 e. The van der Waals surface area contributed by atoms with E-state index in [4.69, 9.17) is 4.42 Å². The number of aryl methyl sites for hydroxylation is 2. The second kappa shape index (κ2) is 2.86. The summed E-state index contributed by atoms with van der Waals surface area (Å²) >= 11 is 0. The van der Waals surface area contributed by atoms with Crippen LogP contribution in [0.2, 0.25) is 0 Å². The van der Waals surface area contributed by atoms with Crippen LogP contribution in [-0.2, 0) is 11.2 Å². The van der Waals surface area contributed by atoms with E-state index in [9.17, 15) is 4.79 Å². The maximum absolute atomic E-state index is 10.7. The number of Topliss-reactive ketones (excluding diaryl/α,β-unsaturated/α-hetero) is 1. The van der Waals surface area contributed by atoms with Gasteiger partial charge in [0, 0.05) is 6.92 Å². The van der Waals surface area contributed by atoms with Crippen LogP contribution in [0.3, 0.4) is 0 Å². The second-order valence-electron chi connectivity index (χ2n) is 2.61. The molecule has 3 nitrogen and oxygen atoms in total. The Balaban J connectivity index is 2.85. The van der Waals surface area contributed by atoms with Gasteiger partial charge in [-0.3, -0.25) is 4.79 Å². The summed E-state index contributed by atoms with van der Waals surface area (Å²) in [5.74, 6) is 1.48. The molecule has 1 rings (SSSR count). The molecular formula is C8H11NO2. The van der Waals surface area contributed by atoms with Crippen LogP contribution in [0, 0.1) is 13.8 Å². The van der Waals surface area contributed by atoms with Gasteiger partial charge in [-0.1, -0.05) is 0 Å². The molecular weight excluding hydrogens is 142 g/mol. The Morgan fingerprint density at radius 1 is 1.55 bits per heavy atom. The van der Waals surface area contributed by atoms with Gasteiger partial charge in [0.2, 0.25) is 0 Å². The molecule has 0 amide bonds. The molecule has 0 atom stereocenters. The number of oxazole rings is 1. The molecule has 1 aromatic heterocycles. The van der Waals surface area contributed by atoms with Crippen LogP contribution in [0.1, 0.15) is 24.3 Å². The molecule has 0 aliphatic rings. The summed E-state index contributed by atoms with van der Waals surface area (Å²) in [5, 5.41) is 0. The maximum atomic E-state index is 10.7. The Morgan fingerprint density at radius 2 is 2.18 bits per heavy atom. The lowest BCUT2D eigenvalue weighted by Gasteiger charge is -1.89. The molecule has 1 heterocycles. The Morgan fingerprint density at radius 3 is 2.55 bits per heavy atom. The van der Waals surface area contributed by atoms with Gasteiger partial charge < -0.3 is 4.42 Å². The van der Waals surface area contributed by atoms with E-state index in [1.807, 2.05) is 6.92 Å². The third kappa shape index (κ3) is 1.90. The highest BCUT2D eigenvalue weighted by atomic mass is 16.4. The van der Waals surface area contributed by atoms with Gasteiger partial charge in [-0.15, -0.1) is 0 Å². The number of nitrogens with zero attached hydrogens (tertiary/aromatic N) is 1. The number of carbonyl (C=O) groups is 1. The summed E-state index contributed by atoms with van der Waals surface area (Å²) < 4.78 is 5.15. The quantitative estimate of drug-likeness (QED) is 0.645. The topological polar surface area (TPSA) is 43.1 Å². The molecule has 1 aromatic rings. The highest BCUT2D eigenvalue weighted by Gasteiger charge is 2.07. The molecule has 3 heteroatoms. The van der Waals surface area contributed by atoms with E-state index in [0.717, 1.165) is 11.5 Å². The average molecular weight is 153 g/mol. The first kappa shape index (κ1) is 7.98. The zero-order valence-electron chi connectivity index (χ0n) is 6.97. The minimum atomic E-state index is 0.112. The average Bonchev–Trinajstić information content (AvgIpc) is 2.09. The largest absolute Gasteiger partial charge is 0.446 e. The zero-order chi connectivity index (χ0) is 8.43. The van der Waals surface area contributed by atoms with Gasteiger partial charge in [0.1, 0.15) is 11.5 Å². The van der Waals surface area contributed by atoms with Gasteiger partial charge in [0.15, 0.2) is 5.89 Å². The standard InChI is InChI=1S/C8H11NO2/c1-5(10)4-8-6(2)11-7(3)9-8/h4H2,1-3H3. The van der Waals surface area contributed by atoms with E-state index < -0.39 is 0 Å². The number of hydrogen-bond donors (Lipinski definition) is 0. The van der Waals surface area contributed by atoms with Gasteiger partial charge in [-0.05, 0) is 13.8 Å². The van der Waals surface area contributed by atoms with E-state index in [2.05, 4.69) is 4.98 Å². The van der Waals surface area contributed by atoms with Crippen molar-refractivity contribution < 1.29 is 9.21 Å². The van der Waals surface area contributed by atoms with Crippen LogP contribution in [0.25, 0.3) is 0 Å². The fraction of sp³-hybridized carbons (Fsp3) is 0.500. The monoisotopic (exact) mass is 153 g/mol. The second-order valence-corrected chi connectivity index (χ2v) is 2.61. The molecule has 60 valence electrons. The van der Waals surface area contributed by atoms with E-state index in [1.54, 1.807) is 13.8 Å². The molecule has 0 aliphatic carbocycles. The predicted octanol–water partition coefficient (Wildman–Crippen LogP) is 1.42. The molecule has 0 aromatic carbocycles. The minimum Gasteiger partial charge on any atom is -0.446 e. The molecule has 0 spiro atoms. The Bertz CT molecular complexity index is 276. The minimum absolute atomic E-state index is 0.112. The summed E-state index contributed by atoms with van der Waals surface area (Å²) in [7, 11) is 0. The van der Waals surface area contributed by atoms with Crippen molar-refractivity contribution >= 4 is 5.78 Å². The fourth-order valence-corrected chi connectivity index (χ4v) is 0.972. The van der Waals surface area contributed by atoms with Crippen LogP contribution in [0.5, 0.6) is 0 Å². The first-order chi connectivity index (χ1) is 5.09. The molecule has 0 bridgehead atoms. The van der Waals surface area contributed by atoms with Crippen LogP contribution in [0.15, 0.2) is 4.42 Å². The van der Waals surface area contributed by atoms with E-state index in [1.165, 1.54) is 0 Å². The molecule has 11 heavy (non-hydrogen) atoms. The number of rotatable bonds is 2. The third-order valence-electron chi connectivity index (χ3n) is 1.42. The number of aromatic nitrogens is 1. The Kier molecular flexibility index (Phi) is 2.08. The van der Waals surface area contributed by atoms with Crippen molar-refractivity contribution in [3.8, 4) is 0 Å². The highest BCUT2D eigenvalue weighted by molar-refractivity contribution is 5.77. The van der Waals surface area contributed by atoms with Crippen molar-refractivity contribution in [1.29, 1.82) is 0 Å². The SMILES string of the molecule is CC(=O)Cc1nc(C)oc1C. The molecule has 0 aliphatic heterocycles. The third-order valence-corrected chi connectivity index (χ3v) is 1.42. The normalized spacial score (nSPS) is 10.1. The van der Waals surface area contributed by atoms with Crippen molar-refractivity contribution in [1.82, 2.24) is 4.98 Å². The van der Waals surface area contributed by atoms with Gasteiger partial charge in [0.05, 0.1) is 12.1 Å². The van der Waals surface area contributed by atoms with Gasteiger partial charge in [0.25, 0.3) is 0 Å². The Hall–Kier alpha value is -1.12.